The molecule has 0 unspecified atom stereocenters. The summed E-state index contributed by atoms with van der Waals surface area (Å²) in [5.41, 5.74) is 1.56. The molecule has 0 amide bonds. The molecule has 1 heterocycles. The van der Waals surface area contributed by atoms with E-state index in [0.29, 0.717) is 23.7 Å². The maximum atomic E-state index is 12.2. The molecule has 23 heavy (non-hydrogen) atoms. The predicted molar refractivity (Wildman–Crippen MR) is 88.4 cm³/mol. The third kappa shape index (κ3) is 3.62. The average Bonchev–Trinajstić information content (AvgIpc) is 2.59. The molecule has 0 spiro atoms. The molecule has 0 saturated heterocycles. The lowest BCUT2D eigenvalue weighted by Gasteiger charge is -2.25. The second kappa shape index (κ2) is 6.96. The van der Waals surface area contributed by atoms with Crippen molar-refractivity contribution in [1.29, 1.82) is 0 Å². The van der Waals surface area contributed by atoms with Crippen LogP contribution in [0.2, 0.25) is 0 Å². The van der Waals surface area contributed by atoms with Gasteiger partial charge in [0.1, 0.15) is 5.75 Å². The molecule has 0 fully saturated rings. The van der Waals surface area contributed by atoms with E-state index in [9.17, 15) is 9.00 Å². The Kier molecular flexibility index (Phi) is 4.76. The van der Waals surface area contributed by atoms with E-state index >= 15 is 0 Å². The number of benzene rings is 2. The number of fused-ring (bicyclic) bond motifs is 1. The minimum absolute atomic E-state index is 0.159. The molecular formula is C18H18O4S. The molecule has 0 aromatic heterocycles. The van der Waals surface area contributed by atoms with E-state index in [2.05, 4.69) is 0 Å². The summed E-state index contributed by atoms with van der Waals surface area (Å²) in [6.45, 7) is 0.969. The van der Waals surface area contributed by atoms with Crippen LogP contribution in [0.1, 0.15) is 28.3 Å². The summed E-state index contributed by atoms with van der Waals surface area (Å²) in [6.07, 6.45) is 2.44. The van der Waals surface area contributed by atoms with Gasteiger partial charge in [0, 0.05) is 33.4 Å². The minimum Gasteiger partial charge on any atom is -0.493 e. The summed E-state index contributed by atoms with van der Waals surface area (Å²) in [5, 5.41) is 0. The first kappa shape index (κ1) is 15.7. The van der Waals surface area contributed by atoms with Gasteiger partial charge in [-0.25, -0.2) is 4.79 Å². The van der Waals surface area contributed by atoms with Gasteiger partial charge in [-0.15, -0.1) is 0 Å². The number of hydrogen-bond acceptors (Lipinski definition) is 4. The summed E-state index contributed by atoms with van der Waals surface area (Å²) in [5.74, 6) is 0.670. The Morgan fingerprint density at radius 2 is 1.96 bits per heavy atom. The zero-order valence-electron chi connectivity index (χ0n) is 12.9. The number of carbonyl (C=O) groups excluding carboxylic acids is 1. The molecule has 0 aliphatic carbocycles. The SMILES string of the molecule is C[S@@](=O)c1ccc(C(=O)OC[C@@H]2CCOc3ccccc32)cc1. The van der Waals surface area contributed by atoms with Crippen LogP contribution in [0.5, 0.6) is 5.75 Å². The van der Waals surface area contributed by atoms with Crippen LogP contribution in [0.4, 0.5) is 0 Å². The molecule has 2 aromatic rings. The number of esters is 1. The Morgan fingerprint density at radius 1 is 1.22 bits per heavy atom. The van der Waals surface area contributed by atoms with E-state index in [0.717, 1.165) is 17.7 Å². The molecular weight excluding hydrogens is 312 g/mol. The zero-order chi connectivity index (χ0) is 16.2. The second-order valence-corrected chi connectivity index (χ2v) is 6.83. The Labute approximate surface area is 137 Å². The van der Waals surface area contributed by atoms with Crippen molar-refractivity contribution in [2.24, 2.45) is 0 Å². The van der Waals surface area contributed by atoms with Crippen molar-refractivity contribution in [2.75, 3.05) is 19.5 Å². The summed E-state index contributed by atoms with van der Waals surface area (Å²) in [4.78, 5) is 12.8. The summed E-state index contributed by atoms with van der Waals surface area (Å²) in [7, 11) is -1.05. The lowest BCUT2D eigenvalue weighted by atomic mass is 9.94. The zero-order valence-corrected chi connectivity index (χ0v) is 13.7. The van der Waals surface area contributed by atoms with Crippen LogP contribution in [0.3, 0.4) is 0 Å². The van der Waals surface area contributed by atoms with Crippen LogP contribution < -0.4 is 4.74 Å². The van der Waals surface area contributed by atoms with E-state index in [1.165, 1.54) is 0 Å². The van der Waals surface area contributed by atoms with Crippen molar-refractivity contribution >= 4 is 16.8 Å². The molecule has 2 aromatic carbocycles. The number of ether oxygens (including phenoxy) is 2. The molecule has 1 aliphatic rings. The van der Waals surface area contributed by atoms with E-state index in [1.54, 1.807) is 30.5 Å². The van der Waals surface area contributed by atoms with E-state index in [4.69, 9.17) is 9.47 Å². The third-order valence-electron chi connectivity index (χ3n) is 3.92. The number of hydrogen-bond donors (Lipinski definition) is 0. The maximum absolute atomic E-state index is 12.2. The van der Waals surface area contributed by atoms with Gasteiger partial charge in [-0.3, -0.25) is 4.21 Å². The highest BCUT2D eigenvalue weighted by atomic mass is 32.2. The molecule has 1 aliphatic heterocycles. The van der Waals surface area contributed by atoms with Crippen molar-refractivity contribution in [3.05, 3.63) is 59.7 Å². The number of para-hydroxylation sites is 1. The quantitative estimate of drug-likeness (QED) is 0.808. The summed E-state index contributed by atoms with van der Waals surface area (Å²) in [6, 6.07) is 14.5. The van der Waals surface area contributed by atoms with Crippen LogP contribution >= 0.6 is 0 Å². The fourth-order valence-electron chi connectivity index (χ4n) is 2.63. The first-order chi connectivity index (χ1) is 11.1. The molecule has 5 heteroatoms. The van der Waals surface area contributed by atoms with Gasteiger partial charge in [0.25, 0.3) is 0 Å². The molecule has 3 rings (SSSR count). The van der Waals surface area contributed by atoms with Crippen molar-refractivity contribution in [1.82, 2.24) is 0 Å². The first-order valence-corrected chi connectivity index (χ1v) is 9.03. The molecule has 4 nitrogen and oxygen atoms in total. The highest BCUT2D eigenvalue weighted by Crippen LogP contribution is 2.33. The molecule has 0 radical (unpaired) electrons. The van der Waals surface area contributed by atoms with Gasteiger partial charge >= 0.3 is 5.97 Å². The van der Waals surface area contributed by atoms with Gasteiger partial charge in [-0.1, -0.05) is 18.2 Å². The van der Waals surface area contributed by atoms with Crippen LogP contribution in [0.15, 0.2) is 53.4 Å². The smallest absolute Gasteiger partial charge is 0.338 e. The van der Waals surface area contributed by atoms with Gasteiger partial charge < -0.3 is 9.47 Å². The van der Waals surface area contributed by atoms with Crippen molar-refractivity contribution in [3.8, 4) is 5.75 Å². The number of rotatable bonds is 4. The van der Waals surface area contributed by atoms with E-state index < -0.39 is 10.8 Å². The summed E-state index contributed by atoms with van der Waals surface area (Å²) >= 11 is 0. The maximum Gasteiger partial charge on any atom is 0.338 e. The van der Waals surface area contributed by atoms with Crippen molar-refractivity contribution in [3.63, 3.8) is 0 Å². The third-order valence-corrected chi connectivity index (χ3v) is 4.86. The lowest BCUT2D eigenvalue weighted by Crippen LogP contribution is -2.20. The highest BCUT2D eigenvalue weighted by Gasteiger charge is 2.22. The minimum atomic E-state index is -1.05. The topological polar surface area (TPSA) is 52.6 Å². The highest BCUT2D eigenvalue weighted by molar-refractivity contribution is 7.84. The Morgan fingerprint density at radius 3 is 2.70 bits per heavy atom. The van der Waals surface area contributed by atoms with Crippen LogP contribution in [-0.4, -0.2) is 29.6 Å². The molecule has 2 atom stereocenters. The molecule has 0 saturated carbocycles. The van der Waals surface area contributed by atoms with E-state index in [1.807, 2.05) is 24.3 Å². The number of carbonyl (C=O) groups is 1. The van der Waals surface area contributed by atoms with Crippen LogP contribution in [-0.2, 0) is 15.5 Å². The van der Waals surface area contributed by atoms with Crippen molar-refractivity contribution < 1.29 is 18.5 Å². The second-order valence-electron chi connectivity index (χ2n) is 5.45. The lowest BCUT2D eigenvalue weighted by molar-refractivity contribution is 0.0459. The largest absolute Gasteiger partial charge is 0.493 e. The van der Waals surface area contributed by atoms with E-state index in [-0.39, 0.29) is 11.9 Å². The van der Waals surface area contributed by atoms with Gasteiger partial charge in [0.05, 0.1) is 18.8 Å². The van der Waals surface area contributed by atoms with Gasteiger partial charge in [-0.2, -0.15) is 0 Å². The van der Waals surface area contributed by atoms with Crippen LogP contribution in [0, 0.1) is 0 Å². The normalized spacial score (nSPS) is 17.7. The van der Waals surface area contributed by atoms with Gasteiger partial charge in [-0.05, 0) is 36.8 Å². The van der Waals surface area contributed by atoms with Gasteiger partial charge in [0.15, 0.2) is 0 Å². The first-order valence-electron chi connectivity index (χ1n) is 7.47. The fourth-order valence-corrected chi connectivity index (χ4v) is 3.15. The Bertz CT molecular complexity index is 724. The monoisotopic (exact) mass is 330 g/mol. The van der Waals surface area contributed by atoms with Crippen LogP contribution in [0.25, 0.3) is 0 Å². The standard InChI is InChI=1S/C18H18O4S/c1-23(20)15-8-6-13(7-9-15)18(19)22-12-14-10-11-21-17-5-3-2-4-16(14)17/h2-9,14H,10-12H2,1H3/t14-,23+/m0/s1. The summed E-state index contributed by atoms with van der Waals surface area (Å²) < 4.78 is 22.4. The molecule has 0 bridgehead atoms. The predicted octanol–water partition coefficient (Wildman–Crippen LogP) is 3.15. The molecule has 0 N–H and O–H groups in total. The van der Waals surface area contributed by atoms with Gasteiger partial charge in [0.2, 0.25) is 0 Å². The van der Waals surface area contributed by atoms with Crippen molar-refractivity contribution in [2.45, 2.75) is 17.2 Å². The fraction of sp³-hybridized carbons (Fsp3) is 0.278. The Hall–Kier alpha value is -2.14. The average molecular weight is 330 g/mol. The molecule has 120 valence electrons. The Balaban J connectivity index is 1.64.